The number of thiazole rings is 1. The quantitative estimate of drug-likeness (QED) is 0.883. The molecule has 0 atom stereocenters. The molecule has 0 saturated carbocycles. The normalized spacial score (nSPS) is 11.4. The molecule has 5 heteroatoms. The summed E-state index contributed by atoms with van der Waals surface area (Å²) >= 11 is 1.75. The van der Waals surface area contributed by atoms with Gasteiger partial charge in [0.1, 0.15) is 5.01 Å². The molecule has 0 fully saturated rings. The SMILES string of the molecule is Cc1nc(Cn2ccc(CNCC(C)C)n2)sc1C. The molecule has 0 aliphatic heterocycles. The van der Waals surface area contributed by atoms with Crippen molar-refractivity contribution in [3.63, 3.8) is 0 Å². The average molecular weight is 278 g/mol. The Labute approximate surface area is 118 Å². The van der Waals surface area contributed by atoms with Gasteiger partial charge in [0.25, 0.3) is 0 Å². The third-order valence-electron chi connectivity index (χ3n) is 2.92. The van der Waals surface area contributed by atoms with Gasteiger partial charge in [0.15, 0.2) is 0 Å². The van der Waals surface area contributed by atoms with E-state index in [0.29, 0.717) is 5.92 Å². The van der Waals surface area contributed by atoms with Gasteiger partial charge in [-0.15, -0.1) is 11.3 Å². The molecule has 2 heterocycles. The fourth-order valence-electron chi connectivity index (χ4n) is 1.82. The number of aryl methyl sites for hydroxylation is 2. The van der Waals surface area contributed by atoms with Gasteiger partial charge in [-0.3, -0.25) is 4.68 Å². The van der Waals surface area contributed by atoms with Crippen molar-refractivity contribution in [2.24, 2.45) is 5.92 Å². The lowest BCUT2D eigenvalue weighted by atomic mass is 10.2. The predicted octanol–water partition coefficient (Wildman–Crippen LogP) is 2.75. The highest BCUT2D eigenvalue weighted by Crippen LogP contribution is 2.17. The summed E-state index contributed by atoms with van der Waals surface area (Å²) in [5, 5.41) is 9.09. The van der Waals surface area contributed by atoms with Crippen LogP contribution in [0.15, 0.2) is 12.3 Å². The molecule has 0 saturated heterocycles. The van der Waals surface area contributed by atoms with Crippen LogP contribution in [0.2, 0.25) is 0 Å². The third-order valence-corrected chi connectivity index (χ3v) is 3.98. The van der Waals surface area contributed by atoms with Gasteiger partial charge in [-0.2, -0.15) is 5.10 Å². The van der Waals surface area contributed by atoms with E-state index in [-0.39, 0.29) is 0 Å². The molecule has 0 aromatic carbocycles. The van der Waals surface area contributed by atoms with Gasteiger partial charge < -0.3 is 5.32 Å². The van der Waals surface area contributed by atoms with Gasteiger partial charge in [-0.1, -0.05) is 13.8 Å². The van der Waals surface area contributed by atoms with Gasteiger partial charge >= 0.3 is 0 Å². The highest BCUT2D eigenvalue weighted by atomic mass is 32.1. The number of aromatic nitrogens is 3. The molecule has 0 aliphatic rings. The van der Waals surface area contributed by atoms with Gasteiger partial charge in [0.2, 0.25) is 0 Å². The Morgan fingerprint density at radius 1 is 1.37 bits per heavy atom. The summed E-state index contributed by atoms with van der Waals surface area (Å²) in [5.74, 6) is 0.670. The third kappa shape index (κ3) is 4.14. The number of nitrogens with zero attached hydrogens (tertiary/aromatic N) is 3. The molecule has 2 rings (SSSR count). The summed E-state index contributed by atoms with van der Waals surface area (Å²) in [7, 11) is 0. The summed E-state index contributed by atoms with van der Waals surface area (Å²) < 4.78 is 1.96. The van der Waals surface area contributed by atoms with Crippen molar-refractivity contribution in [3.8, 4) is 0 Å². The molecule has 1 N–H and O–H groups in total. The molecule has 0 unspecified atom stereocenters. The molecule has 0 aliphatic carbocycles. The van der Waals surface area contributed by atoms with E-state index in [1.807, 2.05) is 10.9 Å². The van der Waals surface area contributed by atoms with E-state index in [1.165, 1.54) is 4.88 Å². The second-order valence-electron chi connectivity index (χ2n) is 5.28. The first kappa shape index (κ1) is 14.2. The van der Waals surface area contributed by atoms with Crippen LogP contribution in [-0.2, 0) is 13.1 Å². The lowest BCUT2D eigenvalue weighted by Gasteiger charge is -2.04. The summed E-state index contributed by atoms with van der Waals surface area (Å²) in [6.07, 6.45) is 2.03. The Hall–Kier alpha value is -1.20. The van der Waals surface area contributed by atoms with Crippen molar-refractivity contribution < 1.29 is 0 Å². The highest BCUT2D eigenvalue weighted by molar-refractivity contribution is 7.11. The van der Waals surface area contributed by atoms with E-state index in [9.17, 15) is 0 Å². The molecule has 2 aromatic heterocycles. The van der Waals surface area contributed by atoms with Crippen LogP contribution in [0.25, 0.3) is 0 Å². The lowest BCUT2D eigenvalue weighted by Crippen LogP contribution is -2.19. The van der Waals surface area contributed by atoms with Gasteiger partial charge in [0.05, 0.1) is 17.9 Å². The standard InChI is InChI=1S/C14H22N4S/c1-10(2)7-15-8-13-5-6-18(17-13)9-14-16-11(3)12(4)19-14/h5-6,10,15H,7-9H2,1-4H3. The molecule has 2 aromatic rings. The molecule has 0 spiro atoms. The Morgan fingerprint density at radius 2 is 2.16 bits per heavy atom. The van der Waals surface area contributed by atoms with E-state index in [2.05, 4.69) is 49.2 Å². The van der Waals surface area contributed by atoms with Gasteiger partial charge in [-0.25, -0.2) is 4.98 Å². The Kier molecular flexibility index (Phi) is 4.71. The van der Waals surface area contributed by atoms with Crippen molar-refractivity contribution in [1.29, 1.82) is 0 Å². The molecule has 19 heavy (non-hydrogen) atoms. The van der Waals surface area contributed by atoms with E-state index < -0.39 is 0 Å². The molecule has 0 radical (unpaired) electrons. The van der Waals surface area contributed by atoms with Crippen LogP contribution in [0, 0.1) is 19.8 Å². The fourth-order valence-corrected chi connectivity index (χ4v) is 2.75. The minimum absolute atomic E-state index is 0.670. The van der Waals surface area contributed by atoms with Gasteiger partial charge in [-0.05, 0) is 32.4 Å². The molecule has 4 nitrogen and oxygen atoms in total. The first-order chi connectivity index (χ1) is 9.04. The zero-order valence-corrected chi connectivity index (χ0v) is 12.9. The first-order valence-electron chi connectivity index (χ1n) is 6.70. The summed E-state index contributed by atoms with van der Waals surface area (Å²) in [4.78, 5) is 5.83. The Bertz CT molecular complexity index is 508. The van der Waals surface area contributed by atoms with E-state index in [4.69, 9.17) is 0 Å². The summed E-state index contributed by atoms with van der Waals surface area (Å²) in [6.45, 7) is 11.2. The highest BCUT2D eigenvalue weighted by Gasteiger charge is 2.05. The first-order valence-corrected chi connectivity index (χ1v) is 7.52. The van der Waals surface area contributed by atoms with Crippen molar-refractivity contribution in [2.45, 2.75) is 40.8 Å². The number of hydrogen-bond acceptors (Lipinski definition) is 4. The number of hydrogen-bond donors (Lipinski definition) is 1. The van der Waals surface area contributed by atoms with Crippen LogP contribution < -0.4 is 5.32 Å². The maximum Gasteiger partial charge on any atom is 0.115 e. The predicted molar refractivity (Wildman–Crippen MR) is 79.5 cm³/mol. The number of nitrogens with one attached hydrogen (secondary N) is 1. The minimum atomic E-state index is 0.670. The molecule has 0 bridgehead atoms. The monoisotopic (exact) mass is 278 g/mol. The van der Waals surface area contributed by atoms with Crippen molar-refractivity contribution in [3.05, 3.63) is 33.5 Å². The lowest BCUT2D eigenvalue weighted by molar-refractivity contribution is 0.543. The topological polar surface area (TPSA) is 42.7 Å². The largest absolute Gasteiger partial charge is 0.311 e. The van der Waals surface area contributed by atoms with Crippen LogP contribution in [0.5, 0.6) is 0 Å². The van der Waals surface area contributed by atoms with E-state index >= 15 is 0 Å². The maximum absolute atomic E-state index is 4.56. The maximum atomic E-state index is 4.56. The molecular weight excluding hydrogens is 256 g/mol. The van der Waals surface area contributed by atoms with Crippen LogP contribution in [0.4, 0.5) is 0 Å². The van der Waals surface area contributed by atoms with Crippen molar-refractivity contribution >= 4 is 11.3 Å². The van der Waals surface area contributed by atoms with Crippen LogP contribution in [0.3, 0.4) is 0 Å². The second-order valence-corrected chi connectivity index (χ2v) is 6.57. The van der Waals surface area contributed by atoms with Crippen molar-refractivity contribution in [1.82, 2.24) is 20.1 Å². The van der Waals surface area contributed by atoms with Crippen LogP contribution in [0.1, 0.15) is 35.1 Å². The van der Waals surface area contributed by atoms with Crippen molar-refractivity contribution in [2.75, 3.05) is 6.54 Å². The Balaban J connectivity index is 1.90. The van der Waals surface area contributed by atoms with Gasteiger partial charge in [0, 0.05) is 17.6 Å². The molecule has 0 amide bonds. The van der Waals surface area contributed by atoms with E-state index in [1.54, 1.807) is 11.3 Å². The van der Waals surface area contributed by atoms with Crippen LogP contribution >= 0.6 is 11.3 Å². The summed E-state index contributed by atoms with van der Waals surface area (Å²) in [5.41, 5.74) is 2.22. The molecule has 104 valence electrons. The smallest absolute Gasteiger partial charge is 0.115 e. The second kappa shape index (κ2) is 6.30. The fraction of sp³-hybridized carbons (Fsp3) is 0.571. The van der Waals surface area contributed by atoms with Crippen LogP contribution in [-0.4, -0.2) is 21.3 Å². The minimum Gasteiger partial charge on any atom is -0.311 e. The summed E-state index contributed by atoms with van der Waals surface area (Å²) in [6, 6.07) is 2.07. The average Bonchev–Trinajstić information content (AvgIpc) is 2.87. The van der Waals surface area contributed by atoms with E-state index in [0.717, 1.165) is 36.0 Å². The molecular formula is C14H22N4S. The Morgan fingerprint density at radius 3 is 2.79 bits per heavy atom. The zero-order chi connectivity index (χ0) is 13.8. The zero-order valence-electron chi connectivity index (χ0n) is 12.1. The number of rotatable bonds is 6.